The molecule has 0 spiro atoms. The highest BCUT2D eigenvalue weighted by Crippen LogP contribution is 2.41. The fraction of sp³-hybridized carbons (Fsp3) is 0.368. The third-order valence-electron chi connectivity index (χ3n) is 4.54. The Labute approximate surface area is 146 Å². The Bertz CT molecular complexity index is 784. The fourth-order valence-corrected chi connectivity index (χ4v) is 3.37. The van der Waals surface area contributed by atoms with E-state index in [0.29, 0.717) is 30.6 Å². The Morgan fingerprint density at radius 1 is 1.28 bits per heavy atom. The van der Waals surface area contributed by atoms with Gasteiger partial charge in [-0.05, 0) is 18.4 Å². The smallest absolute Gasteiger partial charge is 0.289 e. The molecule has 1 aliphatic rings. The number of aromatic nitrogens is 2. The third kappa shape index (κ3) is 3.29. The Morgan fingerprint density at radius 2 is 2.04 bits per heavy atom. The second-order valence-electron chi connectivity index (χ2n) is 6.54. The lowest BCUT2D eigenvalue weighted by Crippen LogP contribution is -2.32. The number of benzene rings is 1. The average molecular weight is 343 g/mol. The summed E-state index contributed by atoms with van der Waals surface area (Å²) in [5.41, 5.74) is 1.00. The van der Waals surface area contributed by atoms with Crippen molar-refractivity contribution in [2.45, 2.75) is 32.9 Å². The van der Waals surface area contributed by atoms with E-state index in [1.807, 2.05) is 24.6 Å². The van der Waals surface area contributed by atoms with Gasteiger partial charge in [0.05, 0.1) is 12.4 Å². The van der Waals surface area contributed by atoms with E-state index >= 15 is 0 Å². The standard InChI is InChI=1S/C19H22FN3O2/c1-13(2)16-17(14-6-3-4-7-15(14)20)23(19(25)18(16)24)10-5-9-22-11-8-21-12-22/h3-4,6-8,11-13,17,24H,5,9-10H2,1-2H3. The molecular weight excluding hydrogens is 321 g/mol. The van der Waals surface area contributed by atoms with E-state index in [1.165, 1.54) is 6.07 Å². The van der Waals surface area contributed by atoms with Crippen molar-refractivity contribution in [2.24, 2.45) is 5.92 Å². The van der Waals surface area contributed by atoms with Crippen molar-refractivity contribution in [3.05, 3.63) is 65.7 Å². The average Bonchev–Trinajstić information content (AvgIpc) is 3.17. The van der Waals surface area contributed by atoms with Crippen molar-refractivity contribution >= 4 is 5.91 Å². The molecule has 0 aliphatic carbocycles. The van der Waals surface area contributed by atoms with Crippen LogP contribution in [0.25, 0.3) is 0 Å². The van der Waals surface area contributed by atoms with E-state index in [4.69, 9.17) is 0 Å². The van der Waals surface area contributed by atoms with E-state index < -0.39 is 11.9 Å². The van der Waals surface area contributed by atoms with Crippen LogP contribution in [-0.4, -0.2) is 32.0 Å². The topological polar surface area (TPSA) is 58.4 Å². The van der Waals surface area contributed by atoms with Crippen LogP contribution in [0.1, 0.15) is 31.9 Å². The largest absolute Gasteiger partial charge is 0.503 e. The Hall–Kier alpha value is -2.63. The molecule has 1 aromatic heterocycles. The van der Waals surface area contributed by atoms with Gasteiger partial charge >= 0.3 is 0 Å². The minimum Gasteiger partial charge on any atom is -0.503 e. The van der Waals surface area contributed by atoms with E-state index in [9.17, 15) is 14.3 Å². The van der Waals surface area contributed by atoms with Crippen molar-refractivity contribution in [2.75, 3.05) is 6.54 Å². The van der Waals surface area contributed by atoms with Gasteiger partial charge in [-0.3, -0.25) is 4.79 Å². The summed E-state index contributed by atoms with van der Waals surface area (Å²) in [5.74, 6) is -1.10. The fourth-order valence-electron chi connectivity index (χ4n) is 3.37. The summed E-state index contributed by atoms with van der Waals surface area (Å²) in [5, 5.41) is 10.4. The molecule has 1 atom stereocenters. The number of hydrogen-bond acceptors (Lipinski definition) is 3. The van der Waals surface area contributed by atoms with Gasteiger partial charge in [-0.2, -0.15) is 0 Å². The molecule has 132 valence electrons. The van der Waals surface area contributed by atoms with E-state index in [0.717, 1.165) is 0 Å². The lowest BCUT2D eigenvalue weighted by atomic mass is 9.91. The number of aliphatic hydroxyl groups is 1. The highest BCUT2D eigenvalue weighted by Gasteiger charge is 2.41. The van der Waals surface area contributed by atoms with E-state index in [2.05, 4.69) is 4.98 Å². The van der Waals surface area contributed by atoms with Crippen LogP contribution in [0, 0.1) is 11.7 Å². The SMILES string of the molecule is CC(C)C1=C(O)C(=O)N(CCCn2ccnc2)C1c1ccccc1F. The number of amides is 1. The summed E-state index contributed by atoms with van der Waals surface area (Å²) in [7, 11) is 0. The molecular formula is C19H22FN3O2. The van der Waals surface area contributed by atoms with Gasteiger partial charge in [0.25, 0.3) is 5.91 Å². The van der Waals surface area contributed by atoms with Crippen molar-refractivity contribution in [3.63, 3.8) is 0 Å². The minimum absolute atomic E-state index is 0.0628. The number of rotatable bonds is 6. The molecule has 2 heterocycles. The molecule has 6 heteroatoms. The summed E-state index contributed by atoms with van der Waals surface area (Å²) in [6.45, 7) is 4.94. The maximum atomic E-state index is 14.4. The van der Waals surface area contributed by atoms with Gasteiger partial charge in [-0.15, -0.1) is 0 Å². The van der Waals surface area contributed by atoms with Crippen LogP contribution in [0.15, 0.2) is 54.3 Å². The molecule has 2 aromatic rings. The second-order valence-corrected chi connectivity index (χ2v) is 6.54. The van der Waals surface area contributed by atoms with E-state index in [1.54, 1.807) is 35.6 Å². The van der Waals surface area contributed by atoms with Gasteiger partial charge in [0.1, 0.15) is 5.82 Å². The molecule has 0 saturated heterocycles. The molecule has 0 radical (unpaired) electrons. The first-order valence-electron chi connectivity index (χ1n) is 8.45. The Morgan fingerprint density at radius 3 is 2.68 bits per heavy atom. The Kier molecular flexibility index (Phi) is 4.88. The molecule has 25 heavy (non-hydrogen) atoms. The molecule has 0 bridgehead atoms. The molecule has 1 unspecified atom stereocenters. The predicted molar refractivity (Wildman–Crippen MR) is 92.2 cm³/mol. The second kappa shape index (κ2) is 7.09. The van der Waals surface area contributed by atoms with Crippen LogP contribution in [0.3, 0.4) is 0 Å². The zero-order chi connectivity index (χ0) is 18.0. The van der Waals surface area contributed by atoms with Crippen molar-refractivity contribution in [1.82, 2.24) is 14.5 Å². The first-order valence-corrected chi connectivity index (χ1v) is 8.45. The maximum absolute atomic E-state index is 14.4. The first-order chi connectivity index (χ1) is 12.0. The molecule has 3 rings (SSSR count). The normalized spacial score (nSPS) is 17.8. The number of aryl methyl sites for hydroxylation is 1. The zero-order valence-electron chi connectivity index (χ0n) is 14.4. The van der Waals surface area contributed by atoms with Crippen LogP contribution in [0.2, 0.25) is 0 Å². The number of hydrogen-bond donors (Lipinski definition) is 1. The van der Waals surface area contributed by atoms with E-state index in [-0.39, 0.29) is 17.5 Å². The highest BCUT2D eigenvalue weighted by molar-refractivity contribution is 5.95. The number of aliphatic hydroxyl groups excluding tert-OH is 1. The van der Waals surface area contributed by atoms with Gasteiger partial charge in [0.15, 0.2) is 5.76 Å². The number of imidazole rings is 1. The maximum Gasteiger partial charge on any atom is 0.289 e. The van der Waals surface area contributed by atoms with Gasteiger partial charge < -0.3 is 14.6 Å². The molecule has 0 fully saturated rings. The van der Waals surface area contributed by atoms with Crippen LogP contribution in [0.4, 0.5) is 4.39 Å². The third-order valence-corrected chi connectivity index (χ3v) is 4.54. The number of carbonyl (C=O) groups excluding carboxylic acids is 1. The summed E-state index contributed by atoms with van der Waals surface area (Å²) < 4.78 is 16.3. The summed E-state index contributed by atoms with van der Waals surface area (Å²) in [4.78, 5) is 18.1. The van der Waals surface area contributed by atoms with Gasteiger partial charge in [-0.25, -0.2) is 9.37 Å². The molecule has 1 aliphatic heterocycles. The summed E-state index contributed by atoms with van der Waals surface area (Å²) in [6.07, 6.45) is 5.96. The quantitative estimate of drug-likeness (QED) is 0.874. The van der Waals surface area contributed by atoms with Crippen LogP contribution < -0.4 is 0 Å². The van der Waals surface area contributed by atoms with Crippen molar-refractivity contribution < 1.29 is 14.3 Å². The van der Waals surface area contributed by atoms with Gasteiger partial charge in [-0.1, -0.05) is 32.0 Å². The van der Waals surface area contributed by atoms with Gasteiger partial charge in [0.2, 0.25) is 0 Å². The summed E-state index contributed by atoms with van der Waals surface area (Å²) >= 11 is 0. The van der Waals surface area contributed by atoms with Crippen LogP contribution in [-0.2, 0) is 11.3 Å². The first kappa shape index (κ1) is 17.2. The molecule has 1 N–H and O–H groups in total. The lowest BCUT2D eigenvalue weighted by molar-refractivity contribution is -0.129. The monoisotopic (exact) mass is 343 g/mol. The highest BCUT2D eigenvalue weighted by atomic mass is 19.1. The summed E-state index contributed by atoms with van der Waals surface area (Å²) in [6, 6.07) is 5.88. The number of carbonyl (C=O) groups is 1. The van der Waals surface area contributed by atoms with Crippen LogP contribution in [0.5, 0.6) is 0 Å². The zero-order valence-corrected chi connectivity index (χ0v) is 14.4. The number of nitrogens with zero attached hydrogens (tertiary/aromatic N) is 3. The predicted octanol–water partition coefficient (Wildman–Crippen LogP) is 3.46. The van der Waals surface area contributed by atoms with Crippen molar-refractivity contribution in [3.8, 4) is 0 Å². The Balaban J connectivity index is 1.87. The minimum atomic E-state index is -0.559. The number of halogens is 1. The van der Waals surface area contributed by atoms with Gasteiger partial charge in [0, 0.05) is 36.6 Å². The molecule has 5 nitrogen and oxygen atoms in total. The molecule has 1 aromatic carbocycles. The lowest BCUT2D eigenvalue weighted by Gasteiger charge is -2.28. The molecule has 1 amide bonds. The van der Waals surface area contributed by atoms with Crippen LogP contribution >= 0.6 is 0 Å². The van der Waals surface area contributed by atoms with Crippen molar-refractivity contribution in [1.29, 1.82) is 0 Å². The molecule has 0 saturated carbocycles.